The molecule has 1 N–H and O–H groups in total. The number of hydrogen-bond acceptors (Lipinski definition) is 4. The number of hydrogen-bond donors (Lipinski definition) is 1. The maximum atomic E-state index is 4.96. The van der Waals surface area contributed by atoms with E-state index < -0.39 is 0 Å². The van der Waals surface area contributed by atoms with Crippen molar-refractivity contribution in [3.63, 3.8) is 0 Å². The Hall–Kier alpha value is -0.450. The van der Waals surface area contributed by atoms with Crippen LogP contribution >= 0.6 is 11.3 Å². The molecule has 0 aliphatic carbocycles. The number of likely N-dealkylation sites (tertiary alicyclic amines) is 1. The number of piperidine rings is 1. The number of rotatable bonds is 3. The quantitative estimate of drug-likeness (QED) is 0.927. The molecule has 3 nitrogen and oxygen atoms in total. The monoisotopic (exact) mass is 295 g/mol. The van der Waals surface area contributed by atoms with Gasteiger partial charge in [0.15, 0.2) is 0 Å². The lowest BCUT2D eigenvalue weighted by Gasteiger charge is -2.42. The maximum absolute atomic E-state index is 4.96. The van der Waals surface area contributed by atoms with Gasteiger partial charge in [0.1, 0.15) is 5.01 Å². The van der Waals surface area contributed by atoms with Crippen molar-refractivity contribution >= 4 is 11.3 Å². The molecule has 1 aromatic rings. The number of nitrogens with one attached hydrogen (secondary N) is 1. The molecule has 0 atom stereocenters. The van der Waals surface area contributed by atoms with Crippen LogP contribution in [0.3, 0.4) is 0 Å². The molecule has 1 fully saturated rings. The highest BCUT2D eigenvalue weighted by atomic mass is 32.1. The third-order valence-electron chi connectivity index (χ3n) is 4.54. The van der Waals surface area contributed by atoms with Crippen molar-refractivity contribution in [1.82, 2.24) is 15.2 Å². The summed E-state index contributed by atoms with van der Waals surface area (Å²) in [5.74, 6) is 0. The Labute approximate surface area is 127 Å². The lowest BCUT2D eigenvalue weighted by Crippen LogP contribution is -2.51. The van der Waals surface area contributed by atoms with E-state index in [0.29, 0.717) is 6.04 Å². The van der Waals surface area contributed by atoms with Gasteiger partial charge in [-0.1, -0.05) is 20.8 Å². The number of aromatic nitrogens is 1. The van der Waals surface area contributed by atoms with Gasteiger partial charge in [0.05, 0.1) is 11.2 Å². The molecule has 2 rings (SSSR count). The molecule has 1 aliphatic rings. The van der Waals surface area contributed by atoms with E-state index in [1.165, 1.54) is 10.7 Å². The zero-order chi connectivity index (χ0) is 15.0. The summed E-state index contributed by atoms with van der Waals surface area (Å²) in [6.45, 7) is 13.6. The third-order valence-corrected chi connectivity index (χ3v) is 5.59. The zero-order valence-electron chi connectivity index (χ0n) is 13.8. The fourth-order valence-corrected chi connectivity index (χ4v) is 4.14. The minimum Gasteiger partial charge on any atom is -0.308 e. The summed E-state index contributed by atoms with van der Waals surface area (Å²) < 4.78 is 0. The van der Waals surface area contributed by atoms with E-state index in [9.17, 15) is 0 Å². The van der Waals surface area contributed by atoms with Crippen molar-refractivity contribution < 1.29 is 0 Å². The van der Waals surface area contributed by atoms with E-state index in [0.717, 1.165) is 25.9 Å². The van der Waals surface area contributed by atoms with Crippen LogP contribution in [0.5, 0.6) is 0 Å². The van der Waals surface area contributed by atoms with Crippen molar-refractivity contribution in [2.45, 2.75) is 64.5 Å². The maximum Gasteiger partial charge on any atom is 0.113 e. The molecule has 0 aromatic carbocycles. The summed E-state index contributed by atoms with van der Waals surface area (Å²) in [5.41, 5.74) is 1.44. The number of nitrogens with zero attached hydrogens (tertiary/aromatic N) is 2. The molecule has 0 amide bonds. The Bertz CT molecular complexity index is 437. The minimum absolute atomic E-state index is 0.0829. The summed E-state index contributed by atoms with van der Waals surface area (Å²) in [6.07, 6.45) is 2.30. The van der Waals surface area contributed by atoms with Crippen molar-refractivity contribution in [2.24, 2.45) is 0 Å². The highest BCUT2D eigenvalue weighted by molar-refractivity contribution is 7.09. The fraction of sp³-hybridized carbons (Fsp3) is 0.812. The molecule has 1 aliphatic heterocycles. The molecule has 0 unspecified atom stereocenters. The molecular weight excluding hydrogens is 266 g/mol. The smallest absolute Gasteiger partial charge is 0.113 e. The molecule has 2 heterocycles. The van der Waals surface area contributed by atoms with E-state index in [4.69, 9.17) is 4.98 Å². The summed E-state index contributed by atoms with van der Waals surface area (Å²) in [7, 11) is 2.09. The Balaban J connectivity index is 2.19. The number of thiazole rings is 1. The first-order valence-electron chi connectivity index (χ1n) is 7.68. The van der Waals surface area contributed by atoms with Crippen molar-refractivity contribution in [3.05, 3.63) is 16.1 Å². The molecule has 20 heavy (non-hydrogen) atoms. The normalized spacial score (nSPS) is 20.6. The van der Waals surface area contributed by atoms with Gasteiger partial charge in [0.25, 0.3) is 0 Å². The van der Waals surface area contributed by atoms with Gasteiger partial charge >= 0.3 is 0 Å². The summed E-state index contributed by atoms with van der Waals surface area (Å²) in [4.78, 5) is 7.52. The molecule has 0 saturated carbocycles. The zero-order valence-corrected chi connectivity index (χ0v) is 14.6. The summed E-state index contributed by atoms with van der Waals surface area (Å²) >= 11 is 1.82. The standard InChI is InChI=1S/C16H29N3S/c1-12(2)19-9-7-16(17-6,8-10-19)14-18-13(11-20-14)15(3,4)5/h11-12,17H,7-10H2,1-6H3. The average Bonchev–Trinajstić information content (AvgIpc) is 2.88. The molecule has 114 valence electrons. The summed E-state index contributed by atoms with van der Waals surface area (Å²) in [5, 5.41) is 7.09. The van der Waals surface area contributed by atoms with Gasteiger partial charge in [0.2, 0.25) is 0 Å². The molecule has 4 heteroatoms. The molecule has 1 aromatic heterocycles. The van der Waals surface area contributed by atoms with Gasteiger partial charge < -0.3 is 10.2 Å². The van der Waals surface area contributed by atoms with E-state index in [1.54, 1.807) is 0 Å². The lowest BCUT2D eigenvalue weighted by molar-refractivity contribution is 0.114. The molecule has 0 bridgehead atoms. The van der Waals surface area contributed by atoms with Gasteiger partial charge in [-0.25, -0.2) is 4.98 Å². The van der Waals surface area contributed by atoms with Crippen LogP contribution in [0.4, 0.5) is 0 Å². The van der Waals surface area contributed by atoms with Gasteiger partial charge in [-0.2, -0.15) is 0 Å². The van der Waals surface area contributed by atoms with Gasteiger partial charge in [-0.15, -0.1) is 11.3 Å². The lowest BCUT2D eigenvalue weighted by atomic mass is 9.87. The topological polar surface area (TPSA) is 28.2 Å². The predicted molar refractivity (Wildman–Crippen MR) is 87.5 cm³/mol. The first kappa shape index (κ1) is 15.9. The van der Waals surface area contributed by atoms with E-state index in [-0.39, 0.29) is 11.0 Å². The molecule has 0 spiro atoms. The second kappa shape index (κ2) is 5.74. The second-order valence-electron chi connectivity index (χ2n) is 7.25. The minimum atomic E-state index is 0.0829. The van der Waals surface area contributed by atoms with Crippen LogP contribution in [0, 0.1) is 0 Å². The predicted octanol–water partition coefficient (Wildman–Crippen LogP) is 3.36. The van der Waals surface area contributed by atoms with E-state index >= 15 is 0 Å². The van der Waals surface area contributed by atoms with Crippen LogP contribution in [0.1, 0.15) is 58.2 Å². The van der Waals surface area contributed by atoms with Crippen molar-refractivity contribution in [1.29, 1.82) is 0 Å². The Morgan fingerprint density at radius 1 is 1.30 bits per heavy atom. The van der Waals surface area contributed by atoms with Gasteiger partial charge in [-0.05, 0) is 33.7 Å². The SMILES string of the molecule is CNC1(c2nc(C(C)(C)C)cs2)CCN(C(C)C)CC1. The third kappa shape index (κ3) is 3.07. The summed E-state index contributed by atoms with van der Waals surface area (Å²) in [6, 6.07) is 0.645. The van der Waals surface area contributed by atoms with Crippen LogP contribution in [0.15, 0.2) is 5.38 Å². The van der Waals surface area contributed by atoms with Crippen LogP contribution in [0.2, 0.25) is 0 Å². The molecule has 1 saturated heterocycles. The second-order valence-corrected chi connectivity index (χ2v) is 8.11. The first-order valence-corrected chi connectivity index (χ1v) is 8.56. The van der Waals surface area contributed by atoms with Crippen LogP contribution < -0.4 is 5.32 Å². The Morgan fingerprint density at radius 3 is 2.30 bits per heavy atom. The average molecular weight is 295 g/mol. The van der Waals surface area contributed by atoms with Crippen LogP contribution in [0.25, 0.3) is 0 Å². The largest absolute Gasteiger partial charge is 0.308 e. The first-order chi connectivity index (χ1) is 9.28. The molecule has 0 radical (unpaired) electrons. The van der Waals surface area contributed by atoms with Crippen LogP contribution in [-0.4, -0.2) is 36.1 Å². The van der Waals surface area contributed by atoms with Crippen LogP contribution in [-0.2, 0) is 11.0 Å². The Kier molecular flexibility index (Phi) is 4.57. The van der Waals surface area contributed by atoms with E-state index in [1.807, 2.05) is 11.3 Å². The van der Waals surface area contributed by atoms with Gasteiger partial charge in [0, 0.05) is 29.9 Å². The fourth-order valence-electron chi connectivity index (χ4n) is 2.83. The van der Waals surface area contributed by atoms with Crippen molar-refractivity contribution in [3.8, 4) is 0 Å². The Morgan fingerprint density at radius 2 is 1.90 bits per heavy atom. The van der Waals surface area contributed by atoms with Gasteiger partial charge in [-0.3, -0.25) is 0 Å². The molecular formula is C16H29N3S. The van der Waals surface area contributed by atoms with Crippen molar-refractivity contribution in [2.75, 3.05) is 20.1 Å². The highest BCUT2D eigenvalue weighted by Gasteiger charge is 2.38. The van der Waals surface area contributed by atoms with E-state index in [2.05, 4.69) is 57.3 Å². The highest BCUT2D eigenvalue weighted by Crippen LogP contribution is 2.36.